The zero-order valence-corrected chi connectivity index (χ0v) is 16.6. The van der Waals surface area contributed by atoms with Gasteiger partial charge >= 0.3 is 0 Å². The van der Waals surface area contributed by atoms with Crippen molar-refractivity contribution in [2.45, 2.75) is 63.5 Å². The van der Waals surface area contributed by atoms with E-state index in [1.165, 1.54) is 12.1 Å². The fourth-order valence-electron chi connectivity index (χ4n) is 3.45. The molecule has 2 aromatic rings. The lowest BCUT2D eigenvalue weighted by Crippen LogP contribution is -2.63. The molecule has 1 fully saturated rings. The number of ether oxygens (including phenoxy) is 2. The van der Waals surface area contributed by atoms with Gasteiger partial charge in [-0.3, -0.25) is 0 Å². The minimum atomic E-state index is -1.46. The Hall–Kier alpha value is -2.03. The highest BCUT2D eigenvalue weighted by atomic mass is 19.1. The maximum absolute atomic E-state index is 13.8. The monoisotopic (exact) mass is 406 g/mol. The number of halogens is 1. The zero-order chi connectivity index (χ0) is 21.3. The molecule has 0 amide bonds. The molecule has 1 saturated heterocycles. The number of hydrogen-bond acceptors (Lipinski definition) is 6. The van der Waals surface area contributed by atoms with Crippen molar-refractivity contribution in [1.82, 2.24) is 0 Å². The van der Waals surface area contributed by atoms with E-state index in [-0.39, 0.29) is 0 Å². The van der Waals surface area contributed by atoms with Crippen molar-refractivity contribution in [1.29, 1.82) is 0 Å². The van der Waals surface area contributed by atoms with Gasteiger partial charge in [-0.2, -0.15) is 0 Å². The average Bonchev–Trinajstić information content (AvgIpc) is 2.69. The lowest BCUT2D eigenvalue weighted by Gasteiger charge is -2.44. The molecule has 1 aliphatic heterocycles. The van der Waals surface area contributed by atoms with Crippen LogP contribution in [-0.4, -0.2) is 50.6 Å². The Bertz CT molecular complexity index is 855. The summed E-state index contributed by atoms with van der Waals surface area (Å²) in [7, 11) is 0. The molecule has 4 N–H and O–H groups in total. The molecule has 0 aliphatic carbocycles. The van der Waals surface area contributed by atoms with Gasteiger partial charge in [0.2, 0.25) is 6.29 Å². The quantitative estimate of drug-likeness (QED) is 0.609. The summed E-state index contributed by atoms with van der Waals surface area (Å²) in [4.78, 5) is 0. The van der Waals surface area contributed by atoms with E-state index in [9.17, 15) is 24.8 Å². The number of rotatable bonds is 5. The van der Waals surface area contributed by atoms with Gasteiger partial charge in [-0.25, -0.2) is 4.39 Å². The van der Waals surface area contributed by atoms with Crippen molar-refractivity contribution < 1.29 is 34.3 Å². The molecule has 0 spiro atoms. The molecule has 5 atom stereocenters. The summed E-state index contributed by atoms with van der Waals surface area (Å²) in [6, 6.07) is 10.9. The molecule has 0 bridgehead atoms. The predicted octanol–water partition coefficient (Wildman–Crippen LogP) is 2.53. The second kappa shape index (κ2) is 8.38. The Balaban J connectivity index is 1.96. The molecule has 6 nitrogen and oxygen atoms in total. The molecule has 0 radical (unpaired) electrons. The fraction of sp³-hybridized carbons (Fsp3) is 0.455. The standard InChI is InChI=1S/C22H27FO6/c1-4-17(24)15-9-8-14(11-16(15)12-6-5-7-13(23)10-12)28-21-19(26)18(25)20(27)22(2,3)29-21/h5-11,17-21,24-27H,4H2,1-3H3/t17?,18-,19+,20+,21+/m0/s1. The van der Waals surface area contributed by atoms with Crippen molar-refractivity contribution in [3.63, 3.8) is 0 Å². The smallest absolute Gasteiger partial charge is 0.229 e. The summed E-state index contributed by atoms with van der Waals surface area (Å²) in [5.74, 6) is -0.101. The second-order valence-electron chi connectivity index (χ2n) is 7.82. The number of aliphatic hydroxyl groups excluding tert-OH is 4. The van der Waals surface area contributed by atoms with E-state index >= 15 is 0 Å². The molecule has 1 aliphatic rings. The molecule has 1 unspecified atom stereocenters. The van der Waals surface area contributed by atoms with Crippen molar-refractivity contribution in [2.75, 3.05) is 0 Å². The maximum atomic E-state index is 13.8. The first-order valence-corrected chi connectivity index (χ1v) is 9.60. The predicted molar refractivity (Wildman–Crippen MR) is 105 cm³/mol. The van der Waals surface area contributed by atoms with Crippen LogP contribution in [0.3, 0.4) is 0 Å². The van der Waals surface area contributed by atoms with Gasteiger partial charge in [0.1, 0.15) is 29.9 Å². The lowest BCUT2D eigenvalue weighted by molar-refractivity contribution is -0.301. The number of benzene rings is 2. The Kier molecular flexibility index (Phi) is 6.26. The molecule has 0 aromatic heterocycles. The zero-order valence-electron chi connectivity index (χ0n) is 16.6. The fourth-order valence-corrected chi connectivity index (χ4v) is 3.45. The summed E-state index contributed by atoms with van der Waals surface area (Å²) in [6.45, 7) is 5.01. The van der Waals surface area contributed by atoms with Crippen molar-refractivity contribution >= 4 is 0 Å². The summed E-state index contributed by atoms with van der Waals surface area (Å²) in [5.41, 5.74) is 0.638. The lowest BCUT2D eigenvalue weighted by atomic mass is 9.90. The third-order valence-electron chi connectivity index (χ3n) is 5.24. The van der Waals surface area contributed by atoms with Crippen LogP contribution in [0.15, 0.2) is 42.5 Å². The van der Waals surface area contributed by atoms with Gasteiger partial charge in [-0.05, 0) is 61.2 Å². The first kappa shape index (κ1) is 21.7. The van der Waals surface area contributed by atoms with Crippen LogP contribution in [0.25, 0.3) is 11.1 Å². The summed E-state index contributed by atoms with van der Waals surface area (Å²) in [6.07, 6.45) is -5.66. The maximum Gasteiger partial charge on any atom is 0.229 e. The average molecular weight is 406 g/mol. The van der Waals surface area contributed by atoms with Crippen molar-refractivity contribution in [3.8, 4) is 16.9 Å². The minimum absolute atomic E-state index is 0.305. The molecule has 2 aromatic carbocycles. The third-order valence-corrected chi connectivity index (χ3v) is 5.24. The molecule has 7 heteroatoms. The Morgan fingerprint density at radius 1 is 1.10 bits per heavy atom. The Morgan fingerprint density at radius 2 is 1.83 bits per heavy atom. The van der Waals surface area contributed by atoms with Gasteiger partial charge in [-0.15, -0.1) is 0 Å². The third kappa shape index (κ3) is 4.44. The normalized spacial score (nSPS) is 27.4. The van der Waals surface area contributed by atoms with E-state index < -0.39 is 42.1 Å². The van der Waals surface area contributed by atoms with Crippen LogP contribution in [-0.2, 0) is 4.74 Å². The van der Waals surface area contributed by atoms with Crippen LogP contribution >= 0.6 is 0 Å². The van der Waals surface area contributed by atoms with Gasteiger partial charge in [0.15, 0.2) is 0 Å². The number of hydrogen-bond donors (Lipinski definition) is 4. The van der Waals surface area contributed by atoms with Crippen LogP contribution < -0.4 is 4.74 Å². The Labute approximate surface area is 169 Å². The van der Waals surface area contributed by atoms with Gasteiger partial charge in [0.05, 0.1) is 11.7 Å². The SMILES string of the molecule is CCC(O)c1ccc(O[C@@H]2OC(C)(C)[C@H](O)[C@@H](O)[C@H]2O)cc1-c1cccc(F)c1. The highest BCUT2D eigenvalue weighted by molar-refractivity contribution is 5.69. The minimum Gasteiger partial charge on any atom is -0.462 e. The van der Waals surface area contributed by atoms with Crippen LogP contribution in [0.5, 0.6) is 5.75 Å². The van der Waals surface area contributed by atoms with Crippen LogP contribution in [0.4, 0.5) is 4.39 Å². The van der Waals surface area contributed by atoms with Gasteiger partial charge in [0, 0.05) is 0 Å². The van der Waals surface area contributed by atoms with Gasteiger partial charge in [0.25, 0.3) is 0 Å². The summed E-state index contributed by atoms with van der Waals surface area (Å²) in [5, 5.41) is 40.8. The van der Waals surface area contributed by atoms with E-state index in [4.69, 9.17) is 9.47 Å². The van der Waals surface area contributed by atoms with Crippen molar-refractivity contribution in [3.05, 3.63) is 53.8 Å². The molecule has 29 heavy (non-hydrogen) atoms. The van der Waals surface area contributed by atoms with E-state index in [0.717, 1.165) is 0 Å². The highest BCUT2D eigenvalue weighted by Gasteiger charge is 2.49. The van der Waals surface area contributed by atoms with Gasteiger partial charge in [-0.1, -0.05) is 25.1 Å². The molecule has 1 heterocycles. The molecule has 3 rings (SSSR count). The first-order valence-electron chi connectivity index (χ1n) is 9.60. The summed E-state index contributed by atoms with van der Waals surface area (Å²) < 4.78 is 25.2. The van der Waals surface area contributed by atoms with Crippen LogP contribution in [0.2, 0.25) is 0 Å². The van der Waals surface area contributed by atoms with E-state index in [1.807, 2.05) is 6.92 Å². The van der Waals surface area contributed by atoms with Crippen LogP contribution in [0.1, 0.15) is 38.9 Å². The molecule has 158 valence electrons. The van der Waals surface area contributed by atoms with Gasteiger partial charge < -0.3 is 29.9 Å². The van der Waals surface area contributed by atoms with E-state index in [1.54, 1.807) is 44.2 Å². The molecular weight excluding hydrogens is 379 g/mol. The topological polar surface area (TPSA) is 99.4 Å². The largest absolute Gasteiger partial charge is 0.462 e. The Morgan fingerprint density at radius 3 is 2.48 bits per heavy atom. The summed E-state index contributed by atoms with van der Waals surface area (Å²) >= 11 is 0. The van der Waals surface area contributed by atoms with Crippen molar-refractivity contribution in [2.24, 2.45) is 0 Å². The number of aliphatic hydroxyl groups is 4. The molecular formula is C22H27FO6. The highest BCUT2D eigenvalue weighted by Crippen LogP contribution is 2.36. The van der Waals surface area contributed by atoms with Crippen LogP contribution in [0, 0.1) is 5.82 Å². The first-order chi connectivity index (χ1) is 13.6. The molecule has 0 saturated carbocycles. The second-order valence-corrected chi connectivity index (χ2v) is 7.82. The van der Waals surface area contributed by atoms with E-state index in [0.29, 0.717) is 28.9 Å². The van der Waals surface area contributed by atoms with E-state index in [2.05, 4.69) is 0 Å².